The van der Waals surface area contributed by atoms with E-state index >= 15 is 0 Å². The van der Waals surface area contributed by atoms with Crippen LogP contribution in [0.3, 0.4) is 0 Å². The molecule has 2 N–H and O–H groups in total. The van der Waals surface area contributed by atoms with E-state index in [1.54, 1.807) is 0 Å². The largest absolute Gasteiger partial charge is 0.393 e. The first-order valence-electron chi connectivity index (χ1n) is 7.70. The zero-order chi connectivity index (χ0) is 15.4. The molecule has 1 fully saturated rings. The maximum atomic E-state index is 12.2. The molecule has 0 aliphatic heterocycles. The highest BCUT2D eigenvalue weighted by molar-refractivity contribution is 5.93. The van der Waals surface area contributed by atoms with Crippen molar-refractivity contribution in [2.75, 3.05) is 25.5 Å². The van der Waals surface area contributed by atoms with Crippen LogP contribution in [0.2, 0.25) is 0 Å². The Bertz CT molecular complexity index is 481. The van der Waals surface area contributed by atoms with Crippen molar-refractivity contribution < 1.29 is 9.90 Å². The van der Waals surface area contributed by atoms with E-state index in [0.29, 0.717) is 12.5 Å². The zero-order valence-corrected chi connectivity index (χ0v) is 13.2. The highest BCUT2D eigenvalue weighted by Crippen LogP contribution is 2.26. The maximum Gasteiger partial charge on any atom is 0.238 e. The van der Waals surface area contributed by atoms with Gasteiger partial charge in [-0.25, -0.2) is 0 Å². The van der Waals surface area contributed by atoms with Crippen molar-refractivity contribution in [3.8, 4) is 0 Å². The lowest BCUT2D eigenvalue weighted by Gasteiger charge is -2.23. The van der Waals surface area contributed by atoms with Crippen LogP contribution in [-0.4, -0.2) is 42.2 Å². The Morgan fingerprint density at radius 1 is 1.33 bits per heavy atom. The summed E-state index contributed by atoms with van der Waals surface area (Å²) in [6.45, 7) is 5.14. The number of nitrogens with zero attached hydrogens (tertiary/aromatic N) is 1. The summed E-state index contributed by atoms with van der Waals surface area (Å²) in [5, 5.41) is 12.9. The number of likely N-dealkylation sites (N-methyl/N-ethyl adjacent to an activating group) is 1. The number of hydrogen-bond donors (Lipinski definition) is 2. The fourth-order valence-electron chi connectivity index (χ4n) is 3.13. The average molecular weight is 290 g/mol. The van der Waals surface area contributed by atoms with E-state index in [9.17, 15) is 9.90 Å². The van der Waals surface area contributed by atoms with Crippen LogP contribution < -0.4 is 5.32 Å². The first kappa shape index (κ1) is 16.0. The highest BCUT2D eigenvalue weighted by Gasteiger charge is 2.26. The molecule has 4 nitrogen and oxygen atoms in total. The lowest BCUT2D eigenvalue weighted by atomic mass is 10.1. The van der Waals surface area contributed by atoms with Crippen LogP contribution in [0.1, 0.15) is 30.4 Å². The Morgan fingerprint density at radius 2 is 2.00 bits per heavy atom. The SMILES string of the molecule is Cc1cccc(C)c1NC(=O)CN(C)CC1CCCC1O. The van der Waals surface area contributed by atoms with Crippen molar-refractivity contribution in [3.05, 3.63) is 29.3 Å². The van der Waals surface area contributed by atoms with Crippen molar-refractivity contribution in [1.29, 1.82) is 0 Å². The van der Waals surface area contributed by atoms with Crippen LogP contribution in [0.25, 0.3) is 0 Å². The fourth-order valence-corrected chi connectivity index (χ4v) is 3.13. The van der Waals surface area contributed by atoms with Gasteiger partial charge in [0.05, 0.1) is 12.6 Å². The first-order chi connectivity index (χ1) is 9.97. The molecule has 1 aliphatic rings. The molecule has 0 aromatic heterocycles. The molecular formula is C17H26N2O2. The monoisotopic (exact) mass is 290 g/mol. The van der Waals surface area contributed by atoms with Gasteiger partial charge in [0.25, 0.3) is 0 Å². The van der Waals surface area contributed by atoms with Crippen molar-refractivity contribution in [2.45, 2.75) is 39.2 Å². The van der Waals surface area contributed by atoms with Gasteiger partial charge < -0.3 is 10.4 Å². The third-order valence-corrected chi connectivity index (χ3v) is 4.32. The number of carbonyl (C=O) groups excluding carboxylic acids is 1. The second-order valence-electron chi connectivity index (χ2n) is 6.27. The van der Waals surface area contributed by atoms with E-state index in [2.05, 4.69) is 5.32 Å². The summed E-state index contributed by atoms with van der Waals surface area (Å²) in [7, 11) is 1.94. The predicted octanol–water partition coefficient (Wildman–Crippen LogP) is 2.33. The quantitative estimate of drug-likeness (QED) is 0.875. The van der Waals surface area contributed by atoms with Gasteiger partial charge in [-0.05, 0) is 50.8 Å². The minimum atomic E-state index is -0.200. The van der Waals surface area contributed by atoms with Crippen LogP contribution in [0.15, 0.2) is 18.2 Å². The summed E-state index contributed by atoms with van der Waals surface area (Å²) >= 11 is 0. The predicted molar refractivity (Wildman–Crippen MR) is 85.4 cm³/mol. The Labute approximate surface area is 127 Å². The second-order valence-corrected chi connectivity index (χ2v) is 6.27. The molecule has 1 saturated carbocycles. The Balaban J connectivity index is 1.86. The van der Waals surface area contributed by atoms with Crippen LogP contribution in [0.5, 0.6) is 0 Å². The first-order valence-corrected chi connectivity index (χ1v) is 7.70. The van der Waals surface area contributed by atoms with E-state index in [-0.39, 0.29) is 12.0 Å². The molecule has 1 amide bonds. The fraction of sp³-hybridized carbons (Fsp3) is 0.588. The minimum Gasteiger partial charge on any atom is -0.393 e. The number of aryl methyl sites for hydroxylation is 2. The topological polar surface area (TPSA) is 52.6 Å². The van der Waals surface area contributed by atoms with Gasteiger partial charge in [0, 0.05) is 12.2 Å². The highest BCUT2D eigenvalue weighted by atomic mass is 16.3. The van der Waals surface area contributed by atoms with Gasteiger partial charge in [-0.1, -0.05) is 24.6 Å². The molecule has 0 heterocycles. The van der Waals surface area contributed by atoms with Crippen molar-refractivity contribution in [1.82, 2.24) is 4.90 Å². The standard InChI is InChI=1S/C17H26N2O2/c1-12-6-4-7-13(2)17(12)18-16(21)11-19(3)10-14-8-5-9-15(14)20/h4,6-7,14-15,20H,5,8-11H2,1-3H3,(H,18,21). The number of para-hydroxylation sites is 1. The number of amides is 1. The third kappa shape index (κ3) is 4.29. The van der Waals surface area contributed by atoms with Gasteiger partial charge in [-0.3, -0.25) is 9.69 Å². The molecule has 0 saturated heterocycles. The van der Waals surface area contributed by atoms with Crippen molar-refractivity contribution >= 4 is 11.6 Å². The second kappa shape index (κ2) is 7.05. The van der Waals surface area contributed by atoms with E-state index in [1.165, 1.54) is 0 Å². The molecule has 116 valence electrons. The number of rotatable bonds is 5. The lowest BCUT2D eigenvalue weighted by molar-refractivity contribution is -0.117. The summed E-state index contributed by atoms with van der Waals surface area (Å²) in [5.41, 5.74) is 3.08. The van der Waals surface area contributed by atoms with Gasteiger partial charge in [0.15, 0.2) is 0 Å². The summed E-state index contributed by atoms with van der Waals surface area (Å²) in [4.78, 5) is 14.2. The number of aliphatic hydroxyl groups excluding tert-OH is 1. The minimum absolute atomic E-state index is 0.00221. The summed E-state index contributed by atoms with van der Waals surface area (Å²) in [5.74, 6) is 0.311. The molecule has 1 aromatic carbocycles. The molecule has 0 bridgehead atoms. The molecule has 0 spiro atoms. The zero-order valence-electron chi connectivity index (χ0n) is 13.2. The molecular weight excluding hydrogens is 264 g/mol. The normalized spacial score (nSPS) is 21.8. The van der Waals surface area contributed by atoms with Gasteiger partial charge in [-0.2, -0.15) is 0 Å². The molecule has 4 heteroatoms. The number of carbonyl (C=O) groups is 1. The van der Waals surface area contributed by atoms with Gasteiger partial charge in [0.1, 0.15) is 0 Å². The van der Waals surface area contributed by atoms with E-state index in [1.807, 2.05) is 44.0 Å². The average Bonchev–Trinajstić information content (AvgIpc) is 2.79. The molecule has 1 aromatic rings. The molecule has 21 heavy (non-hydrogen) atoms. The Kier molecular flexibility index (Phi) is 5.37. The number of aliphatic hydroxyl groups is 1. The Morgan fingerprint density at radius 3 is 2.57 bits per heavy atom. The van der Waals surface area contributed by atoms with Crippen LogP contribution in [0.4, 0.5) is 5.69 Å². The molecule has 0 radical (unpaired) electrons. The van der Waals surface area contributed by atoms with Gasteiger partial charge in [0.2, 0.25) is 5.91 Å². The molecule has 2 unspecified atom stereocenters. The molecule has 1 aliphatic carbocycles. The van der Waals surface area contributed by atoms with Crippen molar-refractivity contribution in [3.63, 3.8) is 0 Å². The lowest BCUT2D eigenvalue weighted by Crippen LogP contribution is -2.35. The van der Waals surface area contributed by atoms with E-state index < -0.39 is 0 Å². The number of nitrogens with one attached hydrogen (secondary N) is 1. The van der Waals surface area contributed by atoms with Crippen molar-refractivity contribution in [2.24, 2.45) is 5.92 Å². The molecule has 2 rings (SSSR count). The number of anilines is 1. The van der Waals surface area contributed by atoms with Gasteiger partial charge in [-0.15, -0.1) is 0 Å². The van der Waals surface area contributed by atoms with Crippen LogP contribution >= 0.6 is 0 Å². The summed E-state index contributed by atoms with van der Waals surface area (Å²) in [6.07, 6.45) is 2.85. The van der Waals surface area contributed by atoms with Crippen LogP contribution in [0, 0.1) is 19.8 Å². The maximum absolute atomic E-state index is 12.2. The number of hydrogen-bond acceptors (Lipinski definition) is 3. The summed E-state index contributed by atoms with van der Waals surface area (Å²) in [6, 6.07) is 6.00. The van der Waals surface area contributed by atoms with E-state index in [4.69, 9.17) is 0 Å². The molecule has 2 atom stereocenters. The van der Waals surface area contributed by atoms with E-state index in [0.717, 1.165) is 42.6 Å². The van der Waals surface area contributed by atoms with Gasteiger partial charge >= 0.3 is 0 Å². The number of benzene rings is 1. The Hall–Kier alpha value is -1.39. The smallest absolute Gasteiger partial charge is 0.238 e. The van der Waals surface area contributed by atoms with Crippen LogP contribution in [-0.2, 0) is 4.79 Å². The third-order valence-electron chi connectivity index (χ3n) is 4.32. The summed E-state index contributed by atoms with van der Waals surface area (Å²) < 4.78 is 0.